The van der Waals surface area contributed by atoms with Gasteiger partial charge in [-0.15, -0.1) is 0 Å². The Bertz CT molecular complexity index is 923. The lowest BCUT2D eigenvalue weighted by Crippen LogP contribution is -2.66. The molecule has 3 N–H and O–H groups in total. The molecule has 0 aromatic rings. The van der Waals surface area contributed by atoms with E-state index >= 15 is 0 Å². The van der Waals surface area contributed by atoms with Crippen molar-refractivity contribution in [3.63, 3.8) is 0 Å². The number of carboxylic acid groups (broad SMARTS) is 1. The molecule has 0 bridgehead atoms. The molecule has 4 saturated carbocycles. The molecule has 0 spiro atoms. The number of allylic oxidation sites excluding steroid dienone is 2. The Hall–Kier alpha value is -0.870. The molecule has 0 aromatic heterocycles. The molecule has 10 atom stereocenters. The van der Waals surface area contributed by atoms with Crippen molar-refractivity contribution in [2.45, 2.75) is 118 Å². The number of fused-ring (bicyclic) bond motifs is 7. The van der Waals surface area contributed by atoms with Crippen LogP contribution in [0.3, 0.4) is 0 Å². The van der Waals surface area contributed by atoms with Gasteiger partial charge in [-0.2, -0.15) is 0 Å². The third kappa shape index (κ3) is 2.82. The van der Waals surface area contributed by atoms with Gasteiger partial charge in [0.15, 0.2) is 0 Å². The predicted molar refractivity (Wildman–Crippen MR) is 134 cm³/mol. The third-order valence-electron chi connectivity index (χ3n) is 13.2. The van der Waals surface area contributed by atoms with E-state index in [1.165, 1.54) is 0 Å². The number of hydrogen-bond donors (Lipinski definition) is 3. The van der Waals surface area contributed by atoms with E-state index < -0.39 is 17.5 Å². The lowest BCUT2D eigenvalue weighted by atomic mass is 9.33. The molecule has 0 saturated heterocycles. The van der Waals surface area contributed by atoms with Crippen LogP contribution in [0.4, 0.5) is 0 Å². The summed E-state index contributed by atoms with van der Waals surface area (Å²) in [4.78, 5) is 12.5. The zero-order valence-corrected chi connectivity index (χ0v) is 22.6. The number of carboxylic acids is 1. The van der Waals surface area contributed by atoms with Crippen LogP contribution in [0.15, 0.2) is 11.6 Å². The molecule has 0 aromatic carbocycles. The molecular formula is C30H48O4. The highest BCUT2D eigenvalue weighted by molar-refractivity contribution is 5.76. The van der Waals surface area contributed by atoms with E-state index in [1.807, 2.05) is 6.92 Å². The van der Waals surface area contributed by atoms with E-state index in [0.29, 0.717) is 18.3 Å². The SMILES string of the molecule is CC1(C)C[C@@H](O)[C@]2(C)CC[C@]3(C)C(=CC[C@@H]4[C@@]5(C)CC[C@H](O)[C@@](C)(C(=O)O)C5CC[C@]43C)[C@H]2C1. The molecule has 4 nitrogen and oxygen atoms in total. The minimum atomic E-state index is -1.07. The summed E-state index contributed by atoms with van der Waals surface area (Å²) >= 11 is 0. The van der Waals surface area contributed by atoms with Gasteiger partial charge in [0, 0.05) is 5.41 Å². The Labute approximate surface area is 206 Å². The Balaban J connectivity index is 1.59. The number of aliphatic hydroxyl groups excluding tert-OH is 2. The fraction of sp³-hybridized carbons (Fsp3) is 0.900. The average molecular weight is 473 g/mol. The molecule has 0 radical (unpaired) electrons. The maximum absolute atomic E-state index is 12.5. The lowest BCUT2D eigenvalue weighted by molar-refractivity contribution is -0.219. The smallest absolute Gasteiger partial charge is 0.312 e. The first-order valence-corrected chi connectivity index (χ1v) is 13.9. The van der Waals surface area contributed by atoms with E-state index in [0.717, 1.165) is 51.4 Å². The lowest BCUT2D eigenvalue weighted by Gasteiger charge is -2.71. The summed E-state index contributed by atoms with van der Waals surface area (Å²) in [5, 5.41) is 32.4. The molecule has 4 fully saturated rings. The Morgan fingerprint density at radius 2 is 1.50 bits per heavy atom. The first-order valence-electron chi connectivity index (χ1n) is 13.9. The summed E-state index contributed by atoms with van der Waals surface area (Å²) in [6.07, 6.45) is 10.1. The second kappa shape index (κ2) is 7.12. The Kier molecular flexibility index (Phi) is 5.20. The molecule has 1 unspecified atom stereocenters. The number of rotatable bonds is 1. The second-order valence-corrected chi connectivity index (χ2v) is 15.1. The number of carbonyl (C=O) groups is 1. The number of aliphatic hydroxyl groups is 2. The van der Waals surface area contributed by atoms with Gasteiger partial charge in [-0.3, -0.25) is 4.79 Å². The van der Waals surface area contributed by atoms with Crippen LogP contribution >= 0.6 is 0 Å². The van der Waals surface area contributed by atoms with Crippen LogP contribution in [0.1, 0.15) is 106 Å². The highest BCUT2D eigenvalue weighted by Gasteiger charge is 2.70. The minimum absolute atomic E-state index is 0.00201. The predicted octanol–water partition coefficient (Wildman–Crippen LogP) is 6.20. The zero-order chi connectivity index (χ0) is 25.1. The highest BCUT2D eigenvalue weighted by atomic mass is 16.4. The monoisotopic (exact) mass is 472 g/mol. The molecule has 192 valence electrons. The average Bonchev–Trinajstić information content (AvgIpc) is 2.73. The van der Waals surface area contributed by atoms with Gasteiger partial charge in [-0.05, 0) is 104 Å². The summed E-state index contributed by atoms with van der Waals surface area (Å²) in [5.74, 6) is 0.0159. The van der Waals surface area contributed by atoms with Crippen molar-refractivity contribution in [2.75, 3.05) is 0 Å². The summed E-state index contributed by atoms with van der Waals surface area (Å²) in [6, 6.07) is 0. The van der Waals surface area contributed by atoms with Crippen molar-refractivity contribution in [3.8, 4) is 0 Å². The van der Waals surface area contributed by atoms with Crippen molar-refractivity contribution in [3.05, 3.63) is 11.6 Å². The second-order valence-electron chi connectivity index (χ2n) is 15.1. The first kappa shape index (κ1) is 24.8. The molecule has 0 aliphatic heterocycles. The van der Waals surface area contributed by atoms with E-state index in [1.54, 1.807) is 5.57 Å². The molecule has 0 heterocycles. The van der Waals surface area contributed by atoms with E-state index in [4.69, 9.17) is 0 Å². The number of aliphatic carboxylic acids is 1. The maximum Gasteiger partial charge on any atom is 0.312 e. The summed E-state index contributed by atoms with van der Waals surface area (Å²) in [5.41, 5.74) is 0.743. The zero-order valence-electron chi connectivity index (χ0n) is 22.6. The summed E-state index contributed by atoms with van der Waals surface area (Å²) in [7, 11) is 0. The molecular weight excluding hydrogens is 424 g/mol. The highest BCUT2D eigenvalue weighted by Crippen LogP contribution is 2.75. The van der Waals surface area contributed by atoms with Gasteiger partial charge in [0.2, 0.25) is 0 Å². The van der Waals surface area contributed by atoms with Crippen molar-refractivity contribution in [2.24, 2.45) is 50.2 Å². The van der Waals surface area contributed by atoms with Crippen molar-refractivity contribution >= 4 is 5.97 Å². The van der Waals surface area contributed by atoms with Gasteiger partial charge in [0.05, 0.1) is 17.6 Å². The molecule has 5 aliphatic rings. The van der Waals surface area contributed by atoms with Crippen LogP contribution in [-0.4, -0.2) is 33.5 Å². The van der Waals surface area contributed by atoms with Crippen molar-refractivity contribution < 1.29 is 20.1 Å². The quantitative estimate of drug-likeness (QED) is 0.397. The normalized spacial score (nSPS) is 56.3. The molecule has 5 rings (SSSR count). The van der Waals surface area contributed by atoms with Gasteiger partial charge in [-0.1, -0.05) is 53.2 Å². The van der Waals surface area contributed by atoms with Gasteiger partial charge in [-0.25, -0.2) is 0 Å². The molecule has 0 amide bonds. The first-order chi connectivity index (χ1) is 15.6. The number of hydrogen-bond acceptors (Lipinski definition) is 3. The summed E-state index contributed by atoms with van der Waals surface area (Å²) in [6.45, 7) is 16.2. The van der Waals surface area contributed by atoms with Gasteiger partial charge < -0.3 is 15.3 Å². The fourth-order valence-electron chi connectivity index (χ4n) is 10.7. The molecule has 4 heteroatoms. The van der Waals surface area contributed by atoms with Crippen molar-refractivity contribution in [1.82, 2.24) is 0 Å². The minimum Gasteiger partial charge on any atom is -0.481 e. The van der Waals surface area contributed by atoms with E-state index in [9.17, 15) is 20.1 Å². The van der Waals surface area contributed by atoms with Gasteiger partial charge >= 0.3 is 5.97 Å². The van der Waals surface area contributed by atoms with Crippen LogP contribution in [0.25, 0.3) is 0 Å². The standard InChI is InChI=1S/C30H48O4/c1-25(2)16-19-18-8-9-20-27(4)12-11-22(31)30(7,24(33)34)21(27)10-13-29(20,6)28(18,5)15-14-26(19,3)23(32)17-25/h8,19-23,31-32H,9-17H2,1-7H3,(H,33,34)/t19-,20-,21?,22+,23-,26-,27-,28-,29-,30+/m1/s1. The van der Waals surface area contributed by atoms with Gasteiger partial charge in [0.1, 0.15) is 0 Å². The van der Waals surface area contributed by atoms with Crippen LogP contribution in [0.5, 0.6) is 0 Å². The Morgan fingerprint density at radius 1 is 0.824 bits per heavy atom. The molecule has 5 aliphatic carbocycles. The van der Waals surface area contributed by atoms with Gasteiger partial charge in [0.25, 0.3) is 0 Å². The van der Waals surface area contributed by atoms with Crippen LogP contribution in [0, 0.1) is 50.2 Å². The third-order valence-corrected chi connectivity index (χ3v) is 13.2. The summed E-state index contributed by atoms with van der Waals surface area (Å²) < 4.78 is 0. The van der Waals surface area contributed by atoms with Crippen LogP contribution in [0.2, 0.25) is 0 Å². The fourth-order valence-corrected chi connectivity index (χ4v) is 10.7. The Morgan fingerprint density at radius 3 is 2.15 bits per heavy atom. The van der Waals surface area contributed by atoms with Crippen LogP contribution < -0.4 is 0 Å². The largest absolute Gasteiger partial charge is 0.481 e. The van der Waals surface area contributed by atoms with Crippen molar-refractivity contribution in [1.29, 1.82) is 0 Å². The molecule has 34 heavy (non-hydrogen) atoms. The van der Waals surface area contributed by atoms with Crippen LogP contribution in [-0.2, 0) is 4.79 Å². The maximum atomic E-state index is 12.5. The topological polar surface area (TPSA) is 77.8 Å². The van der Waals surface area contributed by atoms with E-state index in [-0.39, 0.29) is 39.1 Å². The van der Waals surface area contributed by atoms with E-state index in [2.05, 4.69) is 47.6 Å².